The van der Waals surface area contributed by atoms with Crippen molar-refractivity contribution < 1.29 is 14.9 Å². The number of hydrogen-bond donors (Lipinski definition) is 3. The Balaban J connectivity index is 2.35. The summed E-state index contributed by atoms with van der Waals surface area (Å²) in [5.74, 6) is 0.0652. The number of rotatable bonds is 3. The smallest absolute Gasteiger partial charge is 0.351 e. The molecule has 1 saturated heterocycles. The summed E-state index contributed by atoms with van der Waals surface area (Å²) in [7, 11) is 0. The lowest BCUT2D eigenvalue weighted by Crippen LogP contribution is -2.28. The van der Waals surface area contributed by atoms with Crippen molar-refractivity contribution in [2.24, 2.45) is 0 Å². The largest absolute Gasteiger partial charge is 0.394 e. The average Bonchev–Trinajstić information content (AvgIpc) is 2.74. The predicted octanol–water partition coefficient (Wildman–Crippen LogP) is -0.324. The zero-order chi connectivity index (χ0) is 14.0. The summed E-state index contributed by atoms with van der Waals surface area (Å²) in [6.07, 6.45) is 0.930. The highest BCUT2D eigenvalue weighted by Crippen LogP contribution is 2.27. The molecule has 4 N–H and O–H groups in total. The van der Waals surface area contributed by atoms with Gasteiger partial charge in [0.05, 0.1) is 12.7 Å². The average molecular weight is 288 g/mol. The Bertz CT molecular complexity index is 545. The lowest BCUT2D eigenvalue weighted by molar-refractivity contribution is -0.0458. The summed E-state index contributed by atoms with van der Waals surface area (Å²) < 4.78 is 6.61. The number of nitrogens with zero attached hydrogens (tertiary/aromatic N) is 2. The van der Waals surface area contributed by atoms with Crippen molar-refractivity contribution >= 4 is 23.5 Å². The summed E-state index contributed by atoms with van der Waals surface area (Å²) in [6.45, 7) is -0.316. The van der Waals surface area contributed by atoms with Gasteiger partial charge in [-0.05, 0) is 6.08 Å². The van der Waals surface area contributed by atoms with Crippen LogP contribution in [0.5, 0.6) is 0 Å². The highest BCUT2D eigenvalue weighted by molar-refractivity contribution is 6.27. The molecule has 1 aromatic rings. The highest BCUT2D eigenvalue weighted by atomic mass is 35.5. The fourth-order valence-electron chi connectivity index (χ4n) is 1.95. The Morgan fingerprint density at radius 3 is 3.00 bits per heavy atom. The molecule has 0 aromatic carbocycles. The van der Waals surface area contributed by atoms with Crippen LogP contribution >= 0.6 is 11.6 Å². The van der Waals surface area contributed by atoms with Crippen LogP contribution in [0, 0.1) is 0 Å². The summed E-state index contributed by atoms with van der Waals surface area (Å²) in [5.41, 5.74) is 6.73. The van der Waals surface area contributed by atoms with Gasteiger partial charge < -0.3 is 20.7 Å². The molecule has 1 fully saturated rings. The maximum atomic E-state index is 11.8. The number of hydrogen-bond acceptors (Lipinski definition) is 6. The molecule has 0 unspecified atom stereocenters. The summed E-state index contributed by atoms with van der Waals surface area (Å²) in [6, 6.07) is 0. The van der Waals surface area contributed by atoms with Gasteiger partial charge in [-0.1, -0.05) is 11.6 Å². The third-order valence-electron chi connectivity index (χ3n) is 2.95. The number of nitrogen functional groups attached to an aromatic ring is 1. The second-order valence-corrected chi connectivity index (χ2v) is 4.43. The fraction of sp³-hybridized carbons (Fsp3) is 0.455. The molecule has 3 atom stereocenters. The van der Waals surface area contributed by atoms with Gasteiger partial charge in [-0.25, -0.2) is 4.79 Å². The molecule has 0 spiro atoms. The summed E-state index contributed by atoms with van der Waals surface area (Å²) >= 11 is 5.47. The van der Waals surface area contributed by atoms with Crippen LogP contribution in [-0.4, -0.2) is 38.6 Å². The van der Waals surface area contributed by atoms with Gasteiger partial charge >= 0.3 is 5.69 Å². The molecule has 0 amide bonds. The standard InChI is InChI=1S/C11H14ClN3O4/c12-2-1-6-4-15(11(18)14-10(6)13)9-3-7(17)8(5-16)19-9/h1-2,4,7-9,16-17H,3,5H2,(H2,13,14,18)/b2-1+/t7-,8+,9+/m0/s1. The SMILES string of the molecule is Nc1nc(=O)n([C@H]2C[C@H](O)[C@@H](CO)O2)cc1/C=C/Cl. The van der Waals surface area contributed by atoms with E-state index in [1.165, 1.54) is 22.4 Å². The van der Waals surface area contributed by atoms with Gasteiger partial charge in [0.15, 0.2) is 0 Å². The van der Waals surface area contributed by atoms with E-state index in [1.807, 2.05) is 0 Å². The molecule has 7 nitrogen and oxygen atoms in total. The van der Waals surface area contributed by atoms with E-state index in [1.54, 1.807) is 0 Å². The van der Waals surface area contributed by atoms with Gasteiger partial charge in [0.2, 0.25) is 0 Å². The maximum absolute atomic E-state index is 11.8. The van der Waals surface area contributed by atoms with Crippen molar-refractivity contribution in [3.63, 3.8) is 0 Å². The first-order valence-corrected chi connectivity index (χ1v) is 6.10. The quantitative estimate of drug-likeness (QED) is 0.702. The molecule has 8 heteroatoms. The maximum Gasteiger partial charge on any atom is 0.351 e. The first-order valence-electron chi connectivity index (χ1n) is 5.66. The van der Waals surface area contributed by atoms with Gasteiger partial charge in [0, 0.05) is 23.7 Å². The molecule has 0 radical (unpaired) electrons. The fourth-order valence-corrected chi connectivity index (χ4v) is 2.09. The normalized spacial score (nSPS) is 27.2. The van der Waals surface area contributed by atoms with E-state index in [-0.39, 0.29) is 18.8 Å². The van der Waals surface area contributed by atoms with Crippen molar-refractivity contribution in [3.05, 3.63) is 27.8 Å². The van der Waals surface area contributed by atoms with Gasteiger partial charge in [0.1, 0.15) is 18.1 Å². The lowest BCUT2D eigenvalue weighted by Gasteiger charge is -2.15. The van der Waals surface area contributed by atoms with Gasteiger partial charge in [-0.15, -0.1) is 0 Å². The van der Waals surface area contributed by atoms with Gasteiger partial charge in [-0.3, -0.25) is 4.57 Å². The molecule has 0 saturated carbocycles. The monoisotopic (exact) mass is 287 g/mol. The Morgan fingerprint density at radius 2 is 2.42 bits per heavy atom. The second-order valence-electron chi connectivity index (χ2n) is 4.18. The van der Waals surface area contributed by atoms with Crippen LogP contribution in [0.2, 0.25) is 0 Å². The van der Waals surface area contributed by atoms with Crippen LogP contribution < -0.4 is 11.4 Å². The number of aromatic nitrogens is 2. The minimum atomic E-state index is -0.827. The Labute approximate surface area is 113 Å². The van der Waals surface area contributed by atoms with E-state index in [9.17, 15) is 9.90 Å². The van der Waals surface area contributed by atoms with Crippen molar-refractivity contribution in [2.75, 3.05) is 12.3 Å². The zero-order valence-corrected chi connectivity index (χ0v) is 10.7. The van der Waals surface area contributed by atoms with Crippen molar-refractivity contribution in [1.82, 2.24) is 9.55 Å². The Morgan fingerprint density at radius 1 is 1.68 bits per heavy atom. The van der Waals surface area contributed by atoms with Gasteiger partial charge in [0.25, 0.3) is 0 Å². The first kappa shape index (κ1) is 14.0. The molecule has 2 heterocycles. The number of aliphatic hydroxyl groups excluding tert-OH is 2. The third kappa shape index (κ3) is 2.79. The van der Waals surface area contributed by atoms with E-state index in [2.05, 4.69) is 4.98 Å². The number of nitrogens with two attached hydrogens (primary N) is 1. The van der Waals surface area contributed by atoms with Crippen molar-refractivity contribution in [3.8, 4) is 0 Å². The summed E-state index contributed by atoms with van der Waals surface area (Å²) in [4.78, 5) is 15.4. The van der Waals surface area contributed by atoms with E-state index in [0.29, 0.717) is 5.56 Å². The van der Waals surface area contributed by atoms with Crippen LogP contribution in [0.4, 0.5) is 5.82 Å². The first-order chi connectivity index (χ1) is 9.06. The van der Waals surface area contributed by atoms with Crippen LogP contribution in [0.15, 0.2) is 16.5 Å². The van der Waals surface area contributed by atoms with E-state index < -0.39 is 24.1 Å². The summed E-state index contributed by atoms with van der Waals surface area (Å²) in [5, 5.41) is 18.7. The molecule has 1 aromatic heterocycles. The number of aliphatic hydroxyl groups is 2. The molecule has 104 valence electrons. The predicted molar refractivity (Wildman–Crippen MR) is 69.4 cm³/mol. The van der Waals surface area contributed by atoms with E-state index in [0.717, 1.165) is 0 Å². The Hall–Kier alpha value is -1.41. The molecular weight excluding hydrogens is 274 g/mol. The van der Waals surface area contributed by atoms with Crippen LogP contribution in [0.3, 0.4) is 0 Å². The molecule has 1 aliphatic heterocycles. The van der Waals surface area contributed by atoms with Crippen LogP contribution in [0.25, 0.3) is 6.08 Å². The number of halogens is 1. The van der Waals surface area contributed by atoms with Crippen molar-refractivity contribution in [2.45, 2.75) is 24.9 Å². The third-order valence-corrected chi connectivity index (χ3v) is 3.07. The number of ether oxygens (including phenoxy) is 1. The number of anilines is 1. The lowest BCUT2D eigenvalue weighted by atomic mass is 10.2. The van der Waals surface area contributed by atoms with E-state index in [4.69, 9.17) is 27.2 Å². The molecule has 0 bridgehead atoms. The van der Waals surface area contributed by atoms with Crippen LogP contribution in [0.1, 0.15) is 18.2 Å². The molecular formula is C11H14ClN3O4. The second kappa shape index (κ2) is 5.70. The minimum Gasteiger partial charge on any atom is -0.394 e. The molecule has 0 aliphatic carbocycles. The van der Waals surface area contributed by atoms with Gasteiger partial charge in [-0.2, -0.15) is 4.98 Å². The van der Waals surface area contributed by atoms with E-state index >= 15 is 0 Å². The molecule has 2 rings (SSSR count). The van der Waals surface area contributed by atoms with Crippen molar-refractivity contribution in [1.29, 1.82) is 0 Å². The molecule has 19 heavy (non-hydrogen) atoms. The highest BCUT2D eigenvalue weighted by Gasteiger charge is 2.35. The van der Waals surface area contributed by atoms with Crippen LogP contribution in [-0.2, 0) is 4.74 Å². The molecule has 1 aliphatic rings. The minimum absolute atomic E-state index is 0.0652. The zero-order valence-electron chi connectivity index (χ0n) is 9.94. The topological polar surface area (TPSA) is 111 Å². The Kier molecular flexibility index (Phi) is 4.20.